The fourth-order valence-corrected chi connectivity index (χ4v) is 5.94. The number of carbonyl (C=O) groups is 3. The molecule has 1 aliphatic rings. The summed E-state index contributed by atoms with van der Waals surface area (Å²) < 4.78 is 12.3. The maximum Gasteiger partial charge on any atom is 0.335 e. The minimum absolute atomic E-state index is 0.194. The molecule has 0 aliphatic carbocycles. The minimum atomic E-state index is -0.835. The molecule has 6 aromatic carbocycles. The Hall–Kier alpha value is -5.92. The van der Waals surface area contributed by atoms with Crippen molar-refractivity contribution in [3.05, 3.63) is 154 Å². The van der Waals surface area contributed by atoms with Crippen LogP contribution in [0.25, 0.3) is 27.6 Å². The largest absolute Gasteiger partial charge is 0.489 e. The summed E-state index contributed by atoms with van der Waals surface area (Å²) in [5.41, 5.74) is 3.72. The van der Waals surface area contributed by atoms with Gasteiger partial charge in [-0.05, 0) is 88.1 Å². The van der Waals surface area contributed by atoms with Crippen molar-refractivity contribution in [2.45, 2.75) is 20.1 Å². The molecule has 1 fully saturated rings. The molecular formula is C40H29ClN2O5. The second kappa shape index (κ2) is 13.1. The summed E-state index contributed by atoms with van der Waals surface area (Å²) in [6.45, 7) is 2.64. The van der Waals surface area contributed by atoms with Crippen LogP contribution >= 0.6 is 11.6 Å². The van der Waals surface area contributed by atoms with Crippen molar-refractivity contribution in [1.82, 2.24) is 5.32 Å². The number of nitrogens with one attached hydrogen (secondary N) is 1. The molecule has 7 nitrogen and oxygen atoms in total. The smallest absolute Gasteiger partial charge is 0.335 e. The number of carbonyl (C=O) groups excluding carboxylic acids is 3. The van der Waals surface area contributed by atoms with E-state index in [0.717, 1.165) is 43.1 Å². The SMILES string of the molecule is Cc1ccc2ccccc2c1COc1ccc2ccccc2c1/C=C1\C(=O)NC(=O)N(c2ccc(OCc3ccc(Cl)cc3)cc2)C1=O. The molecule has 1 saturated heterocycles. The molecule has 0 atom stereocenters. The molecule has 0 aromatic heterocycles. The van der Waals surface area contributed by atoms with Gasteiger partial charge >= 0.3 is 6.03 Å². The Morgan fingerprint density at radius 1 is 0.708 bits per heavy atom. The molecule has 0 saturated carbocycles. The Morgan fingerprint density at radius 3 is 2.12 bits per heavy atom. The van der Waals surface area contributed by atoms with E-state index in [1.807, 2.05) is 67.6 Å². The molecule has 0 unspecified atom stereocenters. The van der Waals surface area contributed by atoms with Crippen LogP contribution in [0.2, 0.25) is 5.02 Å². The summed E-state index contributed by atoms with van der Waals surface area (Å²) in [5, 5.41) is 6.87. The Morgan fingerprint density at radius 2 is 1.38 bits per heavy atom. The number of hydrogen-bond acceptors (Lipinski definition) is 5. The lowest BCUT2D eigenvalue weighted by Gasteiger charge is -2.26. The lowest BCUT2D eigenvalue weighted by molar-refractivity contribution is -0.122. The van der Waals surface area contributed by atoms with Crippen molar-refractivity contribution in [3.63, 3.8) is 0 Å². The van der Waals surface area contributed by atoms with Crippen LogP contribution < -0.4 is 19.7 Å². The number of aryl methyl sites for hydroxylation is 1. The second-order valence-corrected chi connectivity index (χ2v) is 11.9. The van der Waals surface area contributed by atoms with Gasteiger partial charge in [-0.1, -0.05) is 90.5 Å². The van der Waals surface area contributed by atoms with E-state index in [0.29, 0.717) is 28.7 Å². The van der Waals surface area contributed by atoms with Gasteiger partial charge in [0.1, 0.15) is 30.3 Å². The predicted octanol–water partition coefficient (Wildman–Crippen LogP) is 8.78. The normalized spacial score (nSPS) is 14.1. The molecule has 1 aliphatic heterocycles. The van der Waals surface area contributed by atoms with Crippen LogP contribution in [0.4, 0.5) is 10.5 Å². The number of amides is 4. The van der Waals surface area contributed by atoms with Crippen molar-refractivity contribution in [2.24, 2.45) is 0 Å². The number of fused-ring (bicyclic) bond motifs is 2. The summed E-state index contributed by atoms with van der Waals surface area (Å²) in [5.74, 6) is -0.487. The molecule has 1 N–H and O–H groups in total. The minimum Gasteiger partial charge on any atom is -0.489 e. The summed E-state index contributed by atoms with van der Waals surface area (Å²) >= 11 is 5.96. The van der Waals surface area contributed by atoms with Gasteiger partial charge < -0.3 is 9.47 Å². The molecule has 0 spiro atoms. The molecule has 48 heavy (non-hydrogen) atoms. The fraction of sp³-hybridized carbons (Fsp3) is 0.0750. The van der Waals surface area contributed by atoms with E-state index in [1.165, 1.54) is 6.08 Å². The molecule has 7 rings (SSSR count). The molecule has 6 aromatic rings. The van der Waals surface area contributed by atoms with E-state index >= 15 is 0 Å². The highest BCUT2D eigenvalue weighted by molar-refractivity contribution is 6.39. The number of hydrogen-bond donors (Lipinski definition) is 1. The topological polar surface area (TPSA) is 84.9 Å². The van der Waals surface area contributed by atoms with Gasteiger partial charge in [0.15, 0.2) is 0 Å². The zero-order valence-corrected chi connectivity index (χ0v) is 26.7. The maximum atomic E-state index is 13.9. The first kappa shape index (κ1) is 30.7. The van der Waals surface area contributed by atoms with E-state index < -0.39 is 17.8 Å². The van der Waals surface area contributed by atoms with Crippen LogP contribution in [-0.2, 0) is 22.8 Å². The summed E-state index contributed by atoms with van der Waals surface area (Å²) in [6.07, 6.45) is 1.51. The number of barbiturate groups is 1. The number of urea groups is 1. The zero-order valence-electron chi connectivity index (χ0n) is 25.9. The van der Waals surface area contributed by atoms with Crippen LogP contribution in [-0.4, -0.2) is 17.8 Å². The third kappa shape index (κ3) is 6.11. The van der Waals surface area contributed by atoms with Gasteiger partial charge in [0.05, 0.1) is 5.69 Å². The number of anilines is 1. The number of rotatable bonds is 8. The van der Waals surface area contributed by atoms with Crippen LogP contribution in [0.3, 0.4) is 0 Å². The van der Waals surface area contributed by atoms with Gasteiger partial charge in [-0.25, -0.2) is 9.69 Å². The first-order chi connectivity index (χ1) is 23.4. The fourth-order valence-electron chi connectivity index (χ4n) is 5.81. The van der Waals surface area contributed by atoms with Crippen molar-refractivity contribution >= 4 is 62.8 Å². The van der Waals surface area contributed by atoms with Gasteiger partial charge in [0.25, 0.3) is 11.8 Å². The number of benzene rings is 6. The van der Waals surface area contributed by atoms with E-state index in [2.05, 4.69) is 29.6 Å². The third-order valence-corrected chi connectivity index (χ3v) is 8.63. The Kier molecular flexibility index (Phi) is 8.36. The summed E-state index contributed by atoms with van der Waals surface area (Å²) in [4.78, 5) is 41.0. The van der Waals surface area contributed by atoms with Crippen LogP contribution in [0.5, 0.6) is 11.5 Å². The first-order valence-corrected chi connectivity index (χ1v) is 15.7. The summed E-state index contributed by atoms with van der Waals surface area (Å²) in [6, 6.07) is 36.7. The Balaban J connectivity index is 1.19. The van der Waals surface area contributed by atoms with Crippen LogP contribution in [0.15, 0.2) is 127 Å². The van der Waals surface area contributed by atoms with Gasteiger partial charge in [-0.15, -0.1) is 0 Å². The number of halogens is 1. The van der Waals surface area contributed by atoms with E-state index in [-0.39, 0.29) is 17.9 Å². The Bertz CT molecular complexity index is 2240. The number of ether oxygens (including phenoxy) is 2. The Labute approximate surface area is 282 Å². The lowest BCUT2D eigenvalue weighted by Crippen LogP contribution is -2.54. The van der Waals surface area contributed by atoms with Crippen molar-refractivity contribution < 1.29 is 23.9 Å². The first-order valence-electron chi connectivity index (χ1n) is 15.4. The van der Waals surface area contributed by atoms with Gasteiger partial charge in [0, 0.05) is 16.1 Å². The predicted molar refractivity (Wildman–Crippen MR) is 188 cm³/mol. The summed E-state index contributed by atoms with van der Waals surface area (Å²) in [7, 11) is 0. The average Bonchev–Trinajstić information content (AvgIpc) is 3.10. The van der Waals surface area contributed by atoms with Gasteiger partial charge in [-0.2, -0.15) is 0 Å². The quantitative estimate of drug-likeness (QED) is 0.131. The molecule has 236 valence electrons. The standard InChI is InChI=1S/C40H29ClN2O5/c1-25-10-13-27-6-3-5-9-33(27)36(25)24-48-37-21-14-28-7-2-4-8-32(28)34(37)22-35-38(44)42-40(46)43(39(35)45)30-17-19-31(20-18-30)47-23-26-11-15-29(41)16-12-26/h2-22H,23-24H2,1H3,(H,42,44,46)/b35-22+. The highest BCUT2D eigenvalue weighted by Gasteiger charge is 2.37. The number of imide groups is 2. The average molecular weight is 653 g/mol. The molecule has 0 radical (unpaired) electrons. The third-order valence-electron chi connectivity index (χ3n) is 8.38. The molecule has 4 amide bonds. The molecular weight excluding hydrogens is 624 g/mol. The molecule has 8 heteroatoms. The zero-order chi connectivity index (χ0) is 33.2. The van der Waals surface area contributed by atoms with E-state index in [1.54, 1.807) is 36.4 Å². The van der Waals surface area contributed by atoms with Gasteiger partial charge in [-0.3, -0.25) is 14.9 Å². The van der Waals surface area contributed by atoms with Crippen molar-refractivity contribution in [1.29, 1.82) is 0 Å². The van der Waals surface area contributed by atoms with Crippen molar-refractivity contribution in [3.8, 4) is 11.5 Å². The highest BCUT2D eigenvalue weighted by Crippen LogP contribution is 2.34. The second-order valence-electron chi connectivity index (χ2n) is 11.4. The maximum absolute atomic E-state index is 13.9. The van der Waals surface area contributed by atoms with Crippen LogP contribution in [0, 0.1) is 6.92 Å². The lowest BCUT2D eigenvalue weighted by atomic mass is 9.99. The van der Waals surface area contributed by atoms with E-state index in [4.69, 9.17) is 21.1 Å². The number of nitrogens with zero attached hydrogens (tertiary/aromatic N) is 1. The molecule has 1 heterocycles. The van der Waals surface area contributed by atoms with Crippen LogP contribution in [0.1, 0.15) is 22.3 Å². The van der Waals surface area contributed by atoms with E-state index in [9.17, 15) is 14.4 Å². The molecule has 0 bridgehead atoms. The van der Waals surface area contributed by atoms with Gasteiger partial charge in [0.2, 0.25) is 0 Å². The monoisotopic (exact) mass is 652 g/mol. The highest BCUT2D eigenvalue weighted by atomic mass is 35.5. The van der Waals surface area contributed by atoms with Crippen molar-refractivity contribution in [2.75, 3.05) is 4.90 Å².